The molecule has 3 amide bonds. The lowest BCUT2D eigenvalue weighted by Gasteiger charge is -2.35. The minimum absolute atomic E-state index is 0.0466. The summed E-state index contributed by atoms with van der Waals surface area (Å²) in [4.78, 5) is 44.0. The fourth-order valence-electron chi connectivity index (χ4n) is 5.26. The molecule has 14 heteroatoms. The van der Waals surface area contributed by atoms with Crippen LogP contribution in [0.4, 0.5) is 5.69 Å². The van der Waals surface area contributed by atoms with E-state index in [9.17, 15) is 28.1 Å². The molecule has 1 aromatic carbocycles. The molecule has 4 rings (SSSR count). The summed E-state index contributed by atoms with van der Waals surface area (Å²) in [6.45, 7) is 6.04. The van der Waals surface area contributed by atoms with Crippen LogP contribution in [0.15, 0.2) is 12.1 Å². The molecule has 0 saturated carbocycles. The second kappa shape index (κ2) is 12.2. The third-order valence-electron chi connectivity index (χ3n) is 7.62. The number of nitrogens with one attached hydrogen (secondary N) is 2. The zero-order valence-electron chi connectivity index (χ0n) is 22.2. The van der Waals surface area contributed by atoms with Gasteiger partial charge in [-0.1, -0.05) is 11.6 Å². The van der Waals surface area contributed by atoms with Crippen LogP contribution in [0.5, 0.6) is 0 Å². The molecule has 3 fully saturated rings. The minimum atomic E-state index is -3.25. The van der Waals surface area contributed by atoms with Gasteiger partial charge in [0.1, 0.15) is 18.2 Å². The number of anilines is 1. The Balaban J connectivity index is 1.28. The van der Waals surface area contributed by atoms with Crippen LogP contribution >= 0.6 is 11.6 Å². The summed E-state index contributed by atoms with van der Waals surface area (Å²) in [5.41, 5.74) is 1.59. The number of sulfonamides is 1. The number of nitrogens with zero attached hydrogens (tertiary/aromatic N) is 5. The number of benzene rings is 1. The highest BCUT2D eigenvalue weighted by molar-refractivity contribution is 7.89. The van der Waals surface area contributed by atoms with Gasteiger partial charge in [-0.25, -0.2) is 8.42 Å². The monoisotopic (exact) mass is 579 g/mol. The van der Waals surface area contributed by atoms with Crippen molar-refractivity contribution in [3.05, 3.63) is 28.3 Å². The molecule has 2 atom stereocenters. The van der Waals surface area contributed by atoms with Crippen molar-refractivity contribution in [2.75, 3.05) is 63.1 Å². The van der Waals surface area contributed by atoms with Gasteiger partial charge < -0.3 is 15.5 Å². The maximum atomic E-state index is 13.2. The van der Waals surface area contributed by atoms with E-state index in [1.54, 1.807) is 35.8 Å². The van der Waals surface area contributed by atoms with Gasteiger partial charge >= 0.3 is 0 Å². The summed E-state index contributed by atoms with van der Waals surface area (Å²) < 4.78 is 25.4. The number of piperazine rings is 2. The lowest BCUT2D eigenvalue weighted by atomic mass is 10.1. The molecule has 1 aromatic rings. The van der Waals surface area contributed by atoms with Crippen LogP contribution < -0.4 is 15.5 Å². The van der Waals surface area contributed by atoms with Crippen molar-refractivity contribution in [2.45, 2.75) is 38.8 Å². The first-order chi connectivity index (χ1) is 18.6. The van der Waals surface area contributed by atoms with Crippen LogP contribution in [0.3, 0.4) is 0 Å². The van der Waals surface area contributed by atoms with Gasteiger partial charge in [0.2, 0.25) is 27.7 Å². The first-order valence-electron chi connectivity index (χ1n) is 13.1. The number of rotatable bonds is 8. The van der Waals surface area contributed by atoms with Crippen molar-refractivity contribution < 1.29 is 22.8 Å². The summed E-state index contributed by atoms with van der Waals surface area (Å²) in [6.07, 6.45) is 0.705. The molecule has 3 saturated heterocycles. The van der Waals surface area contributed by atoms with Crippen molar-refractivity contribution in [1.29, 1.82) is 5.26 Å². The number of nitriles is 1. The van der Waals surface area contributed by atoms with Gasteiger partial charge in [0.15, 0.2) is 0 Å². The number of hydrogen-bond acceptors (Lipinski definition) is 8. The fraction of sp³-hybridized carbons (Fsp3) is 0.600. The molecule has 2 unspecified atom stereocenters. The Bertz CT molecular complexity index is 1280. The van der Waals surface area contributed by atoms with E-state index in [0.29, 0.717) is 74.1 Å². The molecule has 0 radical (unpaired) electrons. The van der Waals surface area contributed by atoms with E-state index in [0.717, 1.165) is 0 Å². The fourth-order valence-corrected chi connectivity index (χ4v) is 6.55. The third kappa shape index (κ3) is 6.05. The third-order valence-corrected chi connectivity index (χ3v) is 9.99. The molecular formula is C25H34ClN7O5S. The van der Waals surface area contributed by atoms with E-state index < -0.39 is 22.1 Å². The second-order valence-electron chi connectivity index (χ2n) is 9.87. The summed E-state index contributed by atoms with van der Waals surface area (Å²) >= 11 is 6.33. The van der Waals surface area contributed by atoms with E-state index >= 15 is 0 Å². The lowest BCUT2D eigenvalue weighted by molar-refractivity contribution is -0.133. The first-order valence-corrected chi connectivity index (χ1v) is 15.1. The number of carbonyl (C=O) groups is 3. The SMILES string of the molecule is CCS(=O)(=O)N1CCN(C(=O)CCCNC(=O)C2CNCC3C(=O)N(c4ccc(C#N)c(Cl)c4C)CN23)CC1. The Morgan fingerprint density at radius 2 is 1.92 bits per heavy atom. The summed E-state index contributed by atoms with van der Waals surface area (Å²) in [5.74, 6) is -0.372. The van der Waals surface area contributed by atoms with Gasteiger partial charge in [0, 0.05) is 57.9 Å². The number of carbonyl (C=O) groups excluding carboxylic acids is 3. The van der Waals surface area contributed by atoms with Crippen molar-refractivity contribution >= 4 is 45.0 Å². The zero-order valence-corrected chi connectivity index (χ0v) is 23.7. The topological polar surface area (TPSA) is 146 Å². The Morgan fingerprint density at radius 3 is 2.59 bits per heavy atom. The van der Waals surface area contributed by atoms with Gasteiger partial charge in [0.05, 0.1) is 23.0 Å². The van der Waals surface area contributed by atoms with E-state index in [4.69, 9.17) is 11.6 Å². The number of halogens is 1. The summed E-state index contributed by atoms with van der Waals surface area (Å²) in [5, 5.41) is 15.6. The first kappa shape index (κ1) is 29.2. The number of hydrogen-bond donors (Lipinski definition) is 2. The van der Waals surface area contributed by atoms with Crippen molar-refractivity contribution in [3.63, 3.8) is 0 Å². The second-order valence-corrected chi connectivity index (χ2v) is 12.5. The van der Waals surface area contributed by atoms with Gasteiger partial charge in [0.25, 0.3) is 0 Å². The van der Waals surface area contributed by atoms with E-state index in [1.165, 1.54) is 4.31 Å². The van der Waals surface area contributed by atoms with E-state index in [2.05, 4.69) is 10.6 Å². The maximum Gasteiger partial charge on any atom is 0.246 e. The smallest absolute Gasteiger partial charge is 0.246 e. The average Bonchev–Trinajstić information content (AvgIpc) is 3.28. The van der Waals surface area contributed by atoms with Crippen molar-refractivity contribution in [1.82, 2.24) is 24.7 Å². The van der Waals surface area contributed by atoms with Gasteiger partial charge in [-0.15, -0.1) is 0 Å². The maximum absolute atomic E-state index is 13.2. The van der Waals surface area contributed by atoms with Gasteiger partial charge in [-0.05, 0) is 38.0 Å². The van der Waals surface area contributed by atoms with Crippen molar-refractivity contribution in [3.8, 4) is 6.07 Å². The number of amides is 3. The van der Waals surface area contributed by atoms with Crippen molar-refractivity contribution in [2.24, 2.45) is 0 Å². The van der Waals surface area contributed by atoms with Crippen LogP contribution in [0.1, 0.15) is 30.9 Å². The van der Waals surface area contributed by atoms with Crippen LogP contribution in [0, 0.1) is 18.3 Å². The van der Waals surface area contributed by atoms with Crippen LogP contribution in [-0.4, -0.2) is 111 Å². The lowest BCUT2D eigenvalue weighted by Crippen LogP contribution is -2.61. The normalized spacial score (nSPS) is 22.5. The van der Waals surface area contributed by atoms with Crippen LogP contribution in [-0.2, 0) is 24.4 Å². The highest BCUT2D eigenvalue weighted by Gasteiger charge is 2.47. The van der Waals surface area contributed by atoms with Gasteiger partial charge in [-0.2, -0.15) is 9.57 Å². The zero-order chi connectivity index (χ0) is 28.3. The van der Waals surface area contributed by atoms with Gasteiger partial charge in [-0.3, -0.25) is 24.2 Å². The molecule has 3 heterocycles. The molecular weight excluding hydrogens is 546 g/mol. The highest BCUT2D eigenvalue weighted by atomic mass is 35.5. The molecule has 3 aliphatic heterocycles. The highest BCUT2D eigenvalue weighted by Crippen LogP contribution is 2.33. The molecule has 0 bridgehead atoms. The Morgan fingerprint density at radius 1 is 1.21 bits per heavy atom. The Kier molecular flexibility index (Phi) is 9.13. The molecule has 0 spiro atoms. The molecule has 12 nitrogen and oxygen atoms in total. The molecule has 3 aliphatic rings. The van der Waals surface area contributed by atoms with Crippen LogP contribution in [0.2, 0.25) is 5.02 Å². The Labute approximate surface area is 233 Å². The van der Waals surface area contributed by atoms with E-state index in [1.807, 2.05) is 11.0 Å². The average molecular weight is 580 g/mol. The minimum Gasteiger partial charge on any atom is -0.355 e. The predicted molar refractivity (Wildman–Crippen MR) is 145 cm³/mol. The predicted octanol–water partition coefficient (Wildman–Crippen LogP) is -0.143. The molecule has 0 aliphatic carbocycles. The molecule has 212 valence electrons. The number of fused-ring (bicyclic) bond motifs is 1. The summed E-state index contributed by atoms with van der Waals surface area (Å²) in [7, 11) is -3.25. The van der Waals surface area contributed by atoms with Crippen LogP contribution in [0.25, 0.3) is 0 Å². The summed E-state index contributed by atoms with van der Waals surface area (Å²) in [6, 6.07) is 4.28. The standard InChI is InChI=1S/C25H34ClN7O5S/c1-3-39(37,38)31-11-9-30(10-12-31)22(34)5-4-8-29-24(35)20-14-28-15-21-25(36)33(16-32(20)21)19-7-6-18(13-27)23(26)17(19)2/h6-7,20-21,28H,3-5,8-12,14-16H2,1-2H3,(H,29,35). The molecule has 39 heavy (non-hydrogen) atoms. The largest absolute Gasteiger partial charge is 0.355 e. The molecule has 2 N–H and O–H groups in total. The van der Waals surface area contributed by atoms with E-state index in [-0.39, 0.29) is 36.6 Å². The quantitative estimate of drug-likeness (QED) is 0.405. The Hall–Kier alpha value is -2.76. The molecule has 0 aromatic heterocycles.